The van der Waals surface area contributed by atoms with Gasteiger partial charge in [-0.2, -0.15) is 0 Å². The van der Waals surface area contributed by atoms with Crippen LogP contribution in [0.4, 0.5) is 5.13 Å². The van der Waals surface area contributed by atoms with Gasteiger partial charge in [-0.15, -0.1) is 21.8 Å². The first-order chi connectivity index (χ1) is 5.60. The van der Waals surface area contributed by atoms with Crippen LogP contribution < -0.4 is 5.32 Å². The Morgan fingerprint density at radius 1 is 1.50 bits per heavy atom. The molecule has 1 heterocycles. The lowest BCUT2D eigenvalue weighted by Gasteiger charge is -2.16. The van der Waals surface area contributed by atoms with Crippen LogP contribution in [0.2, 0.25) is 0 Å². The molecule has 0 bridgehead atoms. The minimum Gasteiger partial charge on any atom is -0.363 e. The van der Waals surface area contributed by atoms with E-state index in [-0.39, 0.29) is 5.41 Å². The van der Waals surface area contributed by atoms with Gasteiger partial charge in [-0.3, -0.25) is 0 Å². The molecular weight excluding hydrogens is 194 g/mol. The Kier molecular flexibility index (Phi) is 2.90. The van der Waals surface area contributed by atoms with E-state index < -0.39 is 0 Å². The Morgan fingerprint density at radius 3 is 2.58 bits per heavy atom. The molecule has 1 aromatic rings. The summed E-state index contributed by atoms with van der Waals surface area (Å²) in [4.78, 5) is 0. The highest BCUT2D eigenvalue weighted by atomic mass is 35.5. The predicted molar refractivity (Wildman–Crippen MR) is 53.2 cm³/mol. The maximum absolute atomic E-state index is 5.80. The molecule has 68 valence electrons. The SMILES string of the molecule is CNc1nnc(C(C)(C)CCl)s1. The number of alkyl halides is 1. The second-order valence-electron chi connectivity index (χ2n) is 3.18. The molecule has 0 aliphatic rings. The van der Waals surface area contributed by atoms with Crippen LogP contribution in [-0.4, -0.2) is 23.1 Å². The van der Waals surface area contributed by atoms with E-state index in [1.54, 1.807) is 11.3 Å². The maximum atomic E-state index is 5.80. The standard InChI is InChI=1S/C7H12ClN3S/c1-7(2,4-8)5-10-11-6(9-3)12-5/h4H2,1-3H3,(H,9,11). The van der Waals surface area contributed by atoms with Gasteiger partial charge in [0.1, 0.15) is 5.01 Å². The fourth-order valence-electron chi connectivity index (χ4n) is 0.655. The Bertz CT molecular complexity index is 259. The number of anilines is 1. The molecule has 0 radical (unpaired) electrons. The van der Waals surface area contributed by atoms with E-state index in [0.29, 0.717) is 5.88 Å². The molecule has 0 unspecified atom stereocenters. The zero-order valence-corrected chi connectivity index (χ0v) is 8.96. The fourth-order valence-corrected chi connectivity index (χ4v) is 1.66. The van der Waals surface area contributed by atoms with Crippen LogP contribution in [0.25, 0.3) is 0 Å². The van der Waals surface area contributed by atoms with Crippen molar-refractivity contribution in [3.8, 4) is 0 Å². The van der Waals surface area contributed by atoms with Crippen molar-refractivity contribution in [3.05, 3.63) is 5.01 Å². The van der Waals surface area contributed by atoms with E-state index >= 15 is 0 Å². The first-order valence-corrected chi connectivity index (χ1v) is 5.03. The highest BCUT2D eigenvalue weighted by Crippen LogP contribution is 2.28. The highest BCUT2D eigenvalue weighted by Gasteiger charge is 2.23. The van der Waals surface area contributed by atoms with Crippen LogP contribution in [0.1, 0.15) is 18.9 Å². The molecule has 1 rings (SSSR count). The first-order valence-electron chi connectivity index (χ1n) is 3.68. The van der Waals surface area contributed by atoms with Crippen LogP contribution >= 0.6 is 22.9 Å². The van der Waals surface area contributed by atoms with E-state index in [9.17, 15) is 0 Å². The van der Waals surface area contributed by atoms with Crippen molar-refractivity contribution in [3.63, 3.8) is 0 Å². The number of halogens is 1. The number of hydrogen-bond donors (Lipinski definition) is 1. The average Bonchev–Trinajstić information content (AvgIpc) is 2.52. The van der Waals surface area contributed by atoms with E-state index in [1.807, 2.05) is 7.05 Å². The molecule has 1 aromatic heterocycles. The van der Waals surface area contributed by atoms with Gasteiger partial charge in [-0.1, -0.05) is 25.2 Å². The molecule has 5 heteroatoms. The van der Waals surface area contributed by atoms with Crippen LogP contribution in [0, 0.1) is 0 Å². The predicted octanol–water partition coefficient (Wildman–Crippen LogP) is 2.10. The van der Waals surface area contributed by atoms with Crippen molar-refractivity contribution in [1.29, 1.82) is 0 Å². The van der Waals surface area contributed by atoms with Crippen LogP contribution in [0.15, 0.2) is 0 Å². The summed E-state index contributed by atoms with van der Waals surface area (Å²) in [5.74, 6) is 0.561. The normalized spacial score (nSPS) is 11.7. The largest absolute Gasteiger partial charge is 0.363 e. The van der Waals surface area contributed by atoms with E-state index in [2.05, 4.69) is 29.4 Å². The van der Waals surface area contributed by atoms with Crippen molar-refractivity contribution in [2.75, 3.05) is 18.2 Å². The van der Waals surface area contributed by atoms with Crippen molar-refractivity contribution in [2.24, 2.45) is 0 Å². The molecule has 1 N–H and O–H groups in total. The second kappa shape index (κ2) is 3.58. The summed E-state index contributed by atoms with van der Waals surface area (Å²) in [6.45, 7) is 4.11. The molecule has 0 aliphatic carbocycles. The Balaban J connectivity index is 2.88. The minimum absolute atomic E-state index is 0.0751. The third-order valence-electron chi connectivity index (χ3n) is 1.55. The smallest absolute Gasteiger partial charge is 0.205 e. The zero-order valence-electron chi connectivity index (χ0n) is 7.39. The molecular formula is C7H12ClN3S. The minimum atomic E-state index is -0.0751. The van der Waals surface area contributed by atoms with Gasteiger partial charge in [0.2, 0.25) is 5.13 Å². The molecule has 12 heavy (non-hydrogen) atoms. The van der Waals surface area contributed by atoms with Gasteiger partial charge in [-0.05, 0) is 0 Å². The van der Waals surface area contributed by atoms with Gasteiger partial charge in [0.25, 0.3) is 0 Å². The Labute approximate surface area is 81.2 Å². The Hall–Kier alpha value is -0.350. The van der Waals surface area contributed by atoms with Crippen molar-refractivity contribution >= 4 is 28.1 Å². The van der Waals surface area contributed by atoms with Crippen molar-refractivity contribution < 1.29 is 0 Å². The summed E-state index contributed by atoms with van der Waals surface area (Å²) in [5, 5.41) is 12.8. The van der Waals surface area contributed by atoms with Crippen LogP contribution in [-0.2, 0) is 5.41 Å². The summed E-state index contributed by atoms with van der Waals surface area (Å²) in [5.41, 5.74) is -0.0751. The number of rotatable bonds is 3. The molecule has 0 atom stereocenters. The van der Waals surface area contributed by atoms with Gasteiger partial charge in [0.05, 0.1) is 0 Å². The summed E-state index contributed by atoms with van der Waals surface area (Å²) < 4.78 is 0. The summed E-state index contributed by atoms with van der Waals surface area (Å²) in [6, 6.07) is 0. The summed E-state index contributed by atoms with van der Waals surface area (Å²) in [6.07, 6.45) is 0. The number of aromatic nitrogens is 2. The Morgan fingerprint density at radius 2 is 2.17 bits per heavy atom. The lowest BCUT2D eigenvalue weighted by Crippen LogP contribution is -2.18. The average molecular weight is 206 g/mol. The maximum Gasteiger partial charge on any atom is 0.205 e. The quantitative estimate of drug-likeness (QED) is 0.769. The lowest BCUT2D eigenvalue weighted by atomic mass is 9.98. The van der Waals surface area contributed by atoms with Crippen LogP contribution in [0.5, 0.6) is 0 Å². The molecule has 0 spiro atoms. The third kappa shape index (κ3) is 1.87. The molecule has 0 amide bonds. The molecule has 0 aromatic carbocycles. The molecule has 0 fully saturated rings. The van der Waals surface area contributed by atoms with Gasteiger partial charge < -0.3 is 5.32 Å². The van der Waals surface area contributed by atoms with Crippen molar-refractivity contribution in [2.45, 2.75) is 19.3 Å². The lowest BCUT2D eigenvalue weighted by molar-refractivity contribution is 0.585. The van der Waals surface area contributed by atoms with Gasteiger partial charge in [-0.25, -0.2) is 0 Å². The summed E-state index contributed by atoms with van der Waals surface area (Å²) in [7, 11) is 1.83. The molecule has 0 aliphatic heterocycles. The van der Waals surface area contributed by atoms with Gasteiger partial charge >= 0.3 is 0 Å². The topological polar surface area (TPSA) is 37.8 Å². The molecule has 0 saturated carbocycles. The number of nitrogens with zero attached hydrogens (tertiary/aromatic N) is 2. The molecule has 0 saturated heterocycles. The highest BCUT2D eigenvalue weighted by molar-refractivity contribution is 7.15. The van der Waals surface area contributed by atoms with Gasteiger partial charge in [0, 0.05) is 18.3 Å². The van der Waals surface area contributed by atoms with Gasteiger partial charge in [0.15, 0.2) is 0 Å². The van der Waals surface area contributed by atoms with E-state index in [4.69, 9.17) is 11.6 Å². The first kappa shape index (κ1) is 9.74. The molecule has 3 nitrogen and oxygen atoms in total. The zero-order chi connectivity index (χ0) is 9.19. The number of nitrogens with one attached hydrogen (secondary N) is 1. The third-order valence-corrected chi connectivity index (χ3v) is 3.53. The fraction of sp³-hybridized carbons (Fsp3) is 0.714. The summed E-state index contributed by atoms with van der Waals surface area (Å²) >= 11 is 7.35. The van der Waals surface area contributed by atoms with Crippen molar-refractivity contribution in [1.82, 2.24) is 10.2 Å². The second-order valence-corrected chi connectivity index (χ2v) is 4.42. The monoisotopic (exact) mass is 205 g/mol. The number of hydrogen-bond acceptors (Lipinski definition) is 4. The van der Waals surface area contributed by atoms with E-state index in [1.165, 1.54) is 0 Å². The van der Waals surface area contributed by atoms with E-state index in [0.717, 1.165) is 10.1 Å². The van der Waals surface area contributed by atoms with Crippen LogP contribution in [0.3, 0.4) is 0 Å².